The topological polar surface area (TPSA) is 45.5 Å². The van der Waals surface area contributed by atoms with E-state index in [2.05, 4.69) is 44.3 Å². The Bertz CT molecular complexity index is 888. The van der Waals surface area contributed by atoms with E-state index in [1.165, 1.54) is 16.7 Å². The zero-order chi connectivity index (χ0) is 19.9. The summed E-state index contributed by atoms with van der Waals surface area (Å²) in [5, 5.41) is 3.39. The van der Waals surface area contributed by atoms with Crippen molar-refractivity contribution in [3.63, 3.8) is 0 Å². The number of rotatable bonds is 8. The maximum atomic E-state index is 13.0. The van der Waals surface area contributed by atoms with Gasteiger partial charge in [-0.25, -0.2) is 0 Å². The Balaban J connectivity index is 1.67. The van der Waals surface area contributed by atoms with Crippen LogP contribution >= 0.6 is 0 Å². The molecule has 0 aliphatic carbocycles. The molecule has 4 heteroatoms. The molecule has 1 heterocycles. The molecule has 0 unspecified atom stereocenters. The minimum absolute atomic E-state index is 0.0532. The lowest BCUT2D eigenvalue weighted by molar-refractivity contribution is -0.131. The first kappa shape index (κ1) is 19.9. The summed E-state index contributed by atoms with van der Waals surface area (Å²) < 4.78 is 5.46. The van der Waals surface area contributed by atoms with Gasteiger partial charge in [-0.15, -0.1) is 0 Å². The zero-order valence-corrected chi connectivity index (χ0v) is 16.8. The van der Waals surface area contributed by atoms with E-state index in [-0.39, 0.29) is 18.5 Å². The lowest BCUT2D eigenvalue weighted by Crippen LogP contribution is -2.38. The Morgan fingerprint density at radius 2 is 1.82 bits per heavy atom. The molecule has 0 saturated carbocycles. The Morgan fingerprint density at radius 1 is 1.04 bits per heavy atom. The summed E-state index contributed by atoms with van der Waals surface area (Å²) in [6, 6.07) is 20.3. The quantitative estimate of drug-likeness (QED) is 0.616. The summed E-state index contributed by atoms with van der Waals surface area (Å²) in [4.78, 5) is 14.8. The fourth-order valence-corrected chi connectivity index (χ4v) is 3.32. The zero-order valence-electron chi connectivity index (χ0n) is 16.8. The van der Waals surface area contributed by atoms with Crippen LogP contribution in [0.1, 0.15) is 41.0 Å². The molecule has 0 spiro atoms. The first-order valence-corrected chi connectivity index (χ1v) is 9.67. The van der Waals surface area contributed by atoms with Crippen molar-refractivity contribution in [3.8, 4) is 0 Å². The molecule has 0 saturated heterocycles. The van der Waals surface area contributed by atoms with Gasteiger partial charge in [0.2, 0.25) is 5.91 Å². The number of carbonyl (C=O) groups excluding carboxylic acids is 1. The molecule has 1 amide bonds. The van der Waals surface area contributed by atoms with Crippen LogP contribution in [0, 0.1) is 13.8 Å². The second kappa shape index (κ2) is 9.38. The van der Waals surface area contributed by atoms with Gasteiger partial charge < -0.3 is 14.6 Å². The van der Waals surface area contributed by atoms with Crippen LogP contribution in [0.3, 0.4) is 0 Å². The lowest BCUT2D eigenvalue weighted by atomic mass is 10.00. The van der Waals surface area contributed by atoms with Crippen molar-refractivity contribution in [3.05, 3.63) is 94.9 Å². The summed E-state index contributed by atoms with van der Waals surface area (Å²) in [5.74, 6) is 0.837. The summed E-state index contributed by atoms with van der Waals surface area (Å²) in [5.41, 5.74) is 4.79. The predicted molar refractivity (Wildman–Crippen MR) is 112 cm³/mol. The van der Waals surface area contributed by atoms with Crippen molar-refractivity contribution in [1.82, 2.24) is 10.2 Å². The average Bonchev–Trinajstić information content (AvgIpc) is 3.21. The molecule has 1 atom stereocenters. The van der Waals surface area contributed by atoms with Gasteiger partial charge in [0.05, 0.1) is 19.4 Å². The molecule has 2 aromatic carbocycles. The molecule has 0 radical (unpaired) electrons. The number of furan rings is 1. The van der Waals surface area contributed by atoms with E-state index in [0.29, 0.717) is 13.1 Å². The number of amides is 1. The third-order valence-electron chi connectivity index (χ3n) is 4.96. The molecule has 28 heavy (non-hydrogen) atoms. The highest BCUT2D eigenvalue weighted by molar-refractivity contribution is 5.78. The Hall–Kier alpha value is -2.85. The van der Waals surface area contributed by atoms with Crippen LogP contribution in [0.5, 0.6) is 0 Å². The average molecular weight is 377 g/mol. The molecule has 1 N–H and O–H groups in total. The number of carbonyl (C=O) groups is 1. The number of hydrogen-bond donors (Lipinski definition) is 1. The molecule has 0 fully saturated rings. The van der Waals surface area contributed by atoms with Gasteiger partial charge in [0.1, 0.15) is 5.76 Å². The summed E-state index contributed by atoms with van der Waals surface area (Å²) in [6.45, 7) is 7.59. The van der Waals surface area contributed by atoms with E-state index in [1.807, 2.05) is 47.4 Å². The molecule has 0 bridgehead atoms. The molecule has 146 valence electrons. The standard InChI is InChI=1S/C24H28N2O2/c1-18-11-12-19(2)23(14-18)20(3)25-15-24(27)26(17-22-10-7-13-28-22)16-21-8-5-4-6-9-21/h4-14,20,25H,15-17H2,1-3H3/t20-/m0/s1. The van der Waals surface area contributed by atoms with Gasteiger partial charge in [-0.3, -0.25) is 4.79 Å². The SMILES string of the molecule is Cc1ccc(C)c([C@H](C)NCC(=O)N(Cc2ccccc2)Cc2ccco2)c1. The van der Waals surface area contributed by atoms with E-state index in [0.717, 1.165) is 11.3 Å². The molecular weight excluding hydrogens is 348 g/mol. The van der Waals surface area contributed by atoms with Crippen molar-refractivity contribution in [2.24, 2.45) is 0 Å². The van der Waals surface area contributed by atoms with Crippen LogP contribution in [0.4, 0.5) is 0 Å². The second-order valence-electron chi connectivity index (χ2n) is 7.28. The summed E-state index contributed by atoms with van der Waals surface area (Å²) in [6.07, 6.45) is 1.64. The van der Waals surface area contributed by atoms with Crippen LogP contribution < -0.4 is 5.32 Å². The van der Waals surface area contributed by atoms with E-state index < -0.39 is 0 Å². The van der Waals surface area contributed by atoms with E-state index in [4.69, 9.17) is 4.42 Å². The highest BCUT2D eigenvalue weighted by Crippen LogP contribution is 2.19. The third-order valence-corrected chi connectivity index (χ3v) is 4.96. The number of benzene rings is 2. The van der Waals surface area contributed by atoms with Gasteiger partial charge in [-0.05, 0) is 49.6 Å². The molecule has 4 nitrogen and oxygen atoms in total. The highest BCUT2D eigenvalue weighted by Gasteiger charge is 2.17. The molecule has 1 aromatic heterocycles. The van der Waals surface area contributed by atoms with Gasteiger partial charge in [-0.1, -0.05) is 54.1 Å². The van der Waals surface area contributed by atoms with Gasteiger partial charge >= 0.3 is 0 Å². The van der Waals surface area contributed by atoms with Crippen molar-refractivity contribution < 1.29 is 9.21 Å². The van der Waals surface area contributed by atoms with Crippen molar-refractivity contribution in [1.29, 1.82) is 0 Å². The predicted octanol–water partition coefficient (Wildman–Crippen LogP) is 4.78. The number of nitrogens with one attached hydrogen (secondary N) is 1. The largest absolute Gasteiger partial charge is 0.467 e. The fourth-order valence-electron chi connectivity index (χ4n) is 3.32. The Labute approximate surface area is 167 Å². The number of hydrogen-bond acceptors (Lipinski definition) is 3. The minimum atomic E-state index is 0.0532. The summed E-state index contributed by atoms with van der Waals surface area (Å²) in [7, 11) is 0. The molecule has 3 aromatic rings. The minimum Gasteiger partial charge on any atom is -0.467 e. The molecule has 3 rings (SSSR count). The highest BCUT2D eigenvalue weighted by atomic mass is 16.3. The van der Waals surface area contributed by atoms with Gasteiger partial charge in [0.25, 0.3) is 0 Å². The molecule has 0 aliphatic heterocycles. The first-order chi connectivity index (χ1) is 13.5. The Morgan fingerprint density at radius 3 is 2.54 bits per heavy atom. The van der Waals surface area contributed by atoms with E-state index in [1.54, 1.807) is 6.26 Å². The van der Waals surface area contributed by atoms with E-state index in [9.17, 15) is 4.79 Å². The molecule has 0 aliphatic rings. The smallest absolute Gasteiger partial charge is 0.237 e. The number of nitrogens with zero attached hydrogens (tertiary/aromatic N) is 1. The maximum absolute atomic E-state index is 13.0. The van der Waals surface area contributed by atoms with E-state index >= 15 is 0 Å². The van der Waals surface area contributed by atoms with Gasteiger partial charge in [0, 0.05) is 12.6 Å². The van der Waals surface area contributed by atoms with Crippen LogP contribution in [0.25, 0.3) is 0 Å². The maximum Gasteiger partial charge on any atom is 0.237 e. The van der Waals surface area contributed by atoms with Crippen molar-refractivity contribution in [2.45, 2.75) is 39.9 Å². The number of aryl methyl sites for hydroxylation is 2. The lowest BCUT2D eigenvalue weighted by Gasteiger charge is -2.24. The fraction of sp³-hybridized carbons (Fsp3) is 0.292. The second-order valence-corrected chi connectivity index (χ2v) is 7.28. The first-order valence-electron chi connectivity index (χ1n) is 9.67. The van der Waals surface area contributed by atoms with Crippen molar-refractivity contribution >= 4 is 5.91 Å². The van der Waals surface area contributed by atoms with Crippen LogP contribution in [-0.4, -0.2) is 17.4 Å². The van der Waals surface area contributed by atoms with Crippen molar-refractivity contribution in [2.75, 3.05) is 6.54 Å². The summed E-state index contributed by atoms with van der Waals surface area (Å²) >= 11 is 0. The third kappa shape index (κ3) is 5.33. The van der Waals surface area contributed by atoms with Crippen LogP contribution in [0.2, 0.25) is 0 Å². The van der Waals surface area contributed by atoms with Gasteiger partial charge in [-0.2, -0.15) is 0 Å². The van der Waals surface area contributed by atoms with Crippen LogP contribution in [0.15, 0.2) is 71.3 Å². The normalized spacial score (nSPS) is 12.0. The van der Waals surface area contributed by atoms with Gasteiger partial charge in [0.15, 0.2) is 0 Å². The van der Waals surface area contributed by atoms with Crippen LogP contribution in [-0.2, 0) is 17.9 Å². The monoisotopic (exact) mass is 376 g/mol. The Kier molecular flexibility index (Phi) is 6.66. The molecular formula is C24H28N2O2.